The molecule has 1 aliphatic carbocycles. The van der Waals surface area contributed by atoms with Crippen LogP contribution in [-0.4, -0.2) is 37.2 Å². The highest BCUT2D eigenvalue weighted by Gasteiger charge is 2.31. The topological polar surface area (TPSA) is 70.7 Å². The number of nitrogens with zero attached hydrogens (tertiary/aromatic N) is 1. The van der Waals surface area contributed by atoms with Crippen LogP contribution in [0.2, 0.25) is 0 Å². The van der Waals surface area contributed by atoms with E-state index in [1.54, 1.807) is 4.90 Å². The van der Waals surface area contributed by atoms with Gasteiger partial charge in [0.05, 0.1) is 12.6 Å². The number of nitrogens with one attached hydrogen (secondary N) is 2. The first-order chi connectivity index (χ1) is 15.2. The molecule has 1 heterocycles. The first kappa shape index (κ1) is 23.4. The van der Waals surface area contributed by atoms with Crippen molar-refractivity contribution < 1.29 is 14.3 Å². The van der Waals surface area contributed by atoms with Gasteiger partial charge in [-0.15, -0.1) is 0 Å². The molecule has 2 aliphatic rings. The molecule has 2 fully saturated rings. The molecule has 0 spiro atoms. The van der Waals surface area contributed by atoms with Gasteiger partial charge in [-0.3, -0.25) is 4.79 Å². The molecule has 6 nitrogen and oxygen atoms in total. The van der Waals surface area contributed by atoms with Gasteiger partial charge in [-0.25, -0.2) is 4.79 Å². The lowest BCUT2D eigenvalue weighted by atomic mass is 9.98. The molecule has 6 heteroatoms. The second kappa shape index (κ2) is 12.6. The molecule has 1 saturated carbocycles. The van der Waals surface area contributed by atoms with Gasteiger partial charge in [-0.05, 0) is 44.0 Å². The van der Waals surface area contributed by atoms with E-state index < -0.39 is 0 Å². The van der Waals surface area contributed by atoms with Gasteiger partial charge in [0, 0.05) is 24.7 Å². The highest BCUT2D eigenvalue weighted by atomic mass is 16.5. The molecule has 3 rings (SSSR count). The van der Waals surface area contributed by atoms with Crippen LogP contribution in [0.4, 0.5) is 10.5 Å². The van der Waals surface area contributed by atoms with Crippen LogP contribution in [-0.2, 0) is 4.79 Å². The van der Waals surface area contributed by atoms with Crippen LogP contribution < -0.4 is 20.3 Å². The number of amides is 3. The van der Waals surface area contributed by atoms with Crippen molar-refractivity contribution in [2.45, 2.75) is 96.1 Å². The Morgan fingerprint density at radius 2 is 1.45 bits per heavy atom. The van der Waals surface area contributed by atoms with E-state index in [-0.39, 0.29) is 24.0 Å². The third-order valence-electron chi connectivity index (χ3n) is 6.36. The van der Waals surface area contributed by atoms with Crippen molar-refractivity contribution >= 4 is 17.6 Å². The molecule has 172 valence electrons. The summed E-state index contributed by atoms with van der Waals surface area (Å²) in [7, 11) is 0. The molecule has 2 N–H and O–H groups in total. The van der Waals surface area contributed by atoms with E-state index in [2.05, 4.69) is 10.6 Å². The van der Waals surface area contributed by atoms with Crippen LogP contribution in [0.25, 0.3) is 0 Å². The van der Waals surface area contributed by atoms with E-state index in [0.29, 0.717) is 19.6 Å². The van der Waals surface area contributed by atoms with Crippen LogP contribution in [0.1, 0.15) is 84.0 Å². The Bertz CT molecular complexity index is 680. The normalized spacial score (nSPS) is 21.8. The maximum Gasteiger partial charge on any atom is 0.315 e. The average molecular weight is 430 g/mol. The maximum atomic E-state index is 12.6. The number of benzene rings is 1. The monoisotopic (exact) mass is 429 g/mol. The van der Waals surface area contributed by atoms with Crippen molar-refractivity contribution in [3.63, 3.8) is 0 Å². The summed E-state index contributed by atoms with van der Waals surface area (Å²) in [4.78, 5) is 26.9. The van der Waals surface area contributed by atoms with Crippen LogP contribution in [0, 0.1) is 0 Å². The summed E-state index contributed by atoms with van der Waals surface area (Å²) in [6, 6.07) is 7.49. The number of urea groups is 1. The summed E-state index contributed by atoms with van der Waals surface area (Å²) in [5, 5.41) is 6.23. The predicted octanol–water partition coefficient (Wildman–Crippen LogP) is 5.16. The molecule has 0 radical (unpaired) electrons. The van der Waals surface area contributed by atoms with E-state index in [4.69, 9.17) is 4.74 Å². The Hall–Kier alpha value is -2.24. The molecule has 0 aromatic heterocycles. The SMILES string of the molecule is CCOc1ccc(N2C[C@@H](NC(=O)NC3CCCCCCCCCCC3)CC2=O)cc1. The number of ether oxygens (including phenoxy) is 1. The fourth-order valence-electron chi connectivity index (χ4n) is 4.66. The molecule has 1 atom stereocenters. The van der Waals surface area contributed by atoms with Crippen molar-refractivity contribution in [1.29, 1.82) is 0 Å². The van der Waals surface area contributed by atoms with Crippen LogP contribution in [0.5, 0.6) is 5.75 Å². The Morgan fingerprint density at radius 1 is 0.903 bits per heavy atom. The number of carbonyl (C=O) groups excluding carboxylic acids is 2. The predicted molar refractivity (Wildman–Crippen MR) is 125 cm³/mol. The van der Waals surface area contributed by atoms with Gasteiger partial charge in [0.2, 0.25) is 5.91 Å². The molecule has 1 aromatic rings. The van der Waals surface area contributed by atoms with Gasteiger partial charge in [0.1, 0.15) is 5.75 Å². The number of hydrogen-bond acceptors (Lipinski definition) is 3. The summed E-state index contributed by atoms with van der Waals surface area (Å²) >= 11 is 0. The number of hydrogen-bond donors (Lipinski definition) is 2. The molecule has 0 bridgehead atoms. The van der Waals surface area contributed by atoms with E-state index in [0.717, 1.165) is 24.3 Å². The van der Waals surface area contributed by atoms with E-state index >= 15 is 0 Å². The van der Waals surface area contributed by atoms with Gasteiger partial charge < -0.3 is 20.3 Å². The third-order valence-corrected chi connectivity index (χ3v) is 6.36. The number of anilines is 1. The summed E-state index contributed by atoms with van der Waals surface area (Å²) in [6.45, 7) is 3.07. The molecule has 1 aliphatic heterocycles. The first-order valence-electron chi connectivity index (χ1n) is 12.3. The Labute approximate surface area is 187 Å². The van der Waals surface area contributed by atoms with E-state index in [1.165, 1.54) is 57.8 Å². The molecule has 31 heavy (non-hydrogen) atoms. The van der Waals surface area contributed by atoms with Crippen molar-refractivity contribution in [3.8, 4) is 5.75 Å². The average Bonchev–Trinajstić information content (AvgIpc) is 3.10. The van der Waals surface area contributed by atoms with E-state index in [9.17, 15) is 9.59 Å². The quantitative estimate of drug-likeness (QED) is 0.679. The summed E-state index contributed by atoms with van der Waals surface area (Å²) in [6.07, 6.45) is 14.0. The van der Waals surface area contributed by atoms with Gasteiger partial charge in [-0.1, -0.05) is 57.8 Å². The van der Waals surface area contributed by atoms with Gasteiger partial charge in [-0.2, -0.15) is 0 Å². The Kier molecular flexibility index (Phi) is 9.50. The lowest BCUT2D eigenvalue weighted by Crippen LogP contribution is -2.47. The number of rotatable bonds is 5. The first-order valence-corrected chi connectivity index (χ1v) is 12.3. The van der Waals surface area contributed by atoms with Crippen LogP contribution in [0.3, 0.4) is 0 Å². The van der Waals surface area contributed by atoms with Gasteiger partial charge >= 0.3 is 6.03 Å². The highest BCUT2D eigenvalue weighted by molar-refractivity contribution is 5.96. The zero-order chi connectivity index (χ0) is 21.9. The summed E-state index contributed by atoms with van der Waals surface area (Å²) in [5.41, 5.74) is 0.845. The molecular formula is C25H39N3O3. The minimum atomic E-state index is -0.162. The zero-order valence-corrected chi connectivity index (χ0v) is 19.0. The third kappa shape index (κ3) is 7.75. The fourth-order valence-corrected chi connectivity index (χ4v) is 4.66. The molecule has 1 aromatic carbocycles. The molecule has 3 amide bonds. The maximum absolute atomic E-state index is 12.6. The smallest absolute Gasteiger partial charge is 0.315 e. The fraction of sp³-hybridized carbons (Fsp3) is 0.680. The zero-order valence-electron chi connectivity index (χ0n) is 19.0. The minimum Gasteiger partial charge on any atom is -0.494 e. The minimum absolute atomic E-state index is 0.0421. The Morgan fingerprint density at radius 3 is 2.03 bits per heavy atom. The second-order valence-corrected chi connectivity index (χ2v) is 8.91. The largest absolute Gasteiger partial charge is 0.494 e. The van der Waals surface area contributed by atoms with E-state index in [1.807, 2.05) is 31.2 Å². The summed E-state index contributed by atoms with van der Waals surface area (Å²) < 4.78 is 5.47. The lowest BCUT2D eigenvalue weighted by Gasteiger charge is -2.22. The van der Waals surface area contributed by atoms with Crippen molar-refractivity contribution in [2.75, 3.05) is 18.1 Å². The van der Waals surface area contributed by atoms with Crippen LogP contribution in [0.15, 0.2) is 24.3 Å². The molecule has 1 saturated heterocycles. The Balaban J connectivity index is 1.47. The second-order valence-electron chi connectivity index (χ2n) is 8.91. The molecular weight excluding hydrogens is 390 g/mol. The molecule has 0 unspecified atom stereocenters. The van der Waals surface area contributed by atoms with Crippen molar-refractivity contribution in [3.05, 3.63) is 24.3 Å². The van der Waals surface area contributed by atoms with Gasteiger partial charge in [0.25, 0.3) is 0 Å². The highest BCUT2D eigenvalue weighted by Crippen LogP contribution is 2.24. The van der Waals surface area contributed by atoms with Crippen molar-refractivity contribution in [1.82, 2.24) is 10.6 Å². The standard InChI is InChI=1S/C25H39N3O3/c1-2-31-23-16-14-22(15-17-23)28-19-21(18-24(28)29)27-25(30)26-20-12-10-8-6-4-3-5-7-9-11-13-20/h14-17,20-21H,2-13,18-19H2,1H3,(H2,26,27,30)/t21-/m0/s1. The van der Waals surface area contributed by atoms with Crippen molar-refractivity contribution in [2.24, 2.45) is 0 Å². The lowest BCUT2D eigenvalue weighted by molar-refractivity contribution is -0.117. The van der Waals surface area contributed by atoms with Gasteiger partial charge in [0.15, 0.2) is 0 Å². The number of carbonyl (C=O) groups is 2. The van der Waals surface area contributed by atoms with Crippen LogP contribution >= 0.6 is 0 Å². The summed E-state index contributed by atoms with van der Waals surface area (Å²) in [5.74, 6) is 0.837.